The van der Waals surface area contributed by atoms with Crippen molar-refractivity contribution in [2.45, 2.75) is 33.1 Å². The van der Waals surface area contributed by atoms with Gasteiger partial charge in [0.05, 0.1) is 0 Å². The lowest BCUT2D eigenvalue weighted by Crippen LogP contribution is -2.44. The molecule has 1 aliphatic carbocycles. The summed E-state index contributed by atoms with van der Waals surface area (Å²) in [6.07, 6.45) is 5.51. The van der Waals surface area contributed by atoms with Gasteiger partial charge < -0.3 is 10.2 Å². The minimum absolute atomic E-state index is 0.410. The second-order valence-electron chi connectivity index (χ2n) is 6.22. The van der Waals surface area contributed by atoms with E-state index in [4.69, 9.17) is 4.98 Å². The Hall–Kier alpha value is -1.16. The summed E-state index contributed by atoms with van der Waals surface area (Å²) < 4.78 is 0. The summed E-state index contributed by atoms with van der Waals surface area (Å²) in [5.74, 6) is 0.926. The summed E-state index contributed by atoms with van der Waals surface area (Å²) in [5.41, 5.74) is 3.04. The Labute approximate surface area is 109 Å². The van der Waals surface area contributed by atoms with Gasteiger partial charge in [-0.05, 0) is 30.2 Å². The number of piperazine rings is 1. The second-order valence-corrected chi connectivity index (χ2v) is 6.22. The van der Waals surface area contributed by atoms with Crippen molar-refractivity contribution in [2.75, 3.05) is 31.1 Å². The summed E-state index contributed by atoms with van der Waals surface area (Å²) in [5, 5.41) is 3.36. The summed E-state index contributed by atoms with van der Waals surface area (Å²) in [4.78, 5) is 11.6. The first kappa shape index (κ1) is 11.9. The van der Waals surface area contributed by atoms with Crippen LogP contribution in [0.3, 0.4) is 0 Å². The van der Waals surface area contributed by atoms with Crippen molar-refractivity contribution in [1.29, 1.82) is 0 Å². The maximum Gasteiger partial charge on any atom is 0.225 e. The molecule has 0 radical (unpaired) electrons. The number of aromatic nitrogens is 2. The highest BCUT2D eigenvalue weighted by Gasteiger charge is 2.27. The van der Waals surface area contributed by atoms with Crippen LogP contribution in [0.25, 0.3) is 0 Å². The highest BCUT2D eigenvalue weighted by molar-refractivity contribution is 5.35. The fraction of sp³-hybridized carbons (Fsp3) is 0.714. The van der Waals surface area contributed by atoms with Crippen molar-refractivity contribution in [3.8, 4) is 0 Å². The summed E-state index contributed by atoms with van der Waals surface area (Å²) in [7, 11) is 0. The van der Waals surface area contributed by atoms with Crippen LogP contribution in [0.1, 0.15) is 31.5 Å². The average molecular weight is 246 g/mol. The van der Waals surface area contributed by atoms with Crippen molar-refractivity contribution < 1.29 is 0 Å². The Balaban J connectivity index is 1.83. The van der Waals surface area contributed by atoms with Crippen LogP contribution in [0.2, 0.25) is 0 Å². The molecule has 18 heavy (non-hydrogen) atoms. The van der Waals surface area contributed by atoms with Crippen LogP contribution in [0.4, 0.5) is 5.95 Å². The summed E-state index contributed by atoms with van der Waals surface area (Å²) in [6, 6.07) is 0. The molecule has 0 amide bonds. The molecule has 2 heterocycles. The van der Waals surface area contributed by atoms with E-state index >= 15 is 0 Å². The van der Waals surface area contributed by atoms with Crippen molar-refractivity contribution in [2.24, 2.45) is 5.41 Å². The number of aryl methyl sites for hydroxylation is 1. The molecular formula is C14H22N4. The Morgan fingerprint density at radius 2 is 2.06 bits per heavy atom. The van der Waals surface area contributed by atoms with Gasteiger partial charge in [-0.2, -0.15) is 0 Å². The molecule has 0 aromatic carbocycles. The van der Waals surface area contributed by atoms with Gasteiger partial charge in [-0.3, -0.25) is 0 Å². The third kappa shape index (κ3) is 2.34. The Kier molecular flexibility index (Phi) is 2.98. The lowest BCUT2D eigenvalue weighted by molar-refractivity contribution is 0.311. The maximum absolute atomic E-state index is 4.79. The molecule has 1 aromatic rings. The van der Waals surface area contributed by atoms with Crippen LogP contribution in [0.5, 0.6) is 0 Å². The first-order valence-electron chi connectivity index (χ1n) is 6.95. The van der Waals surface area contributed by atoms with E-state index in [0.717, 1.165) is 45.0 Å². The van der Waals surface area contributed by atoms with Crippen LogP contribution in [-0.2, 0) is 12.8 Å². The number of nitrogens with zero attached hydrogens (tertiary/aromatic N) is 3. The number of anilines is 1. The summed E-state index contributed by atoms with van der Waals surface area (Å²) >= 11 is 0. The highest BCUT2D eigenvalue weighted by atomic mass is 15.3. The molecule has 4 heteroatoms. The fourth-order valence-corrected chi connectivity index (χ4v) is 2.87. The standard InChI is InChI=1S/C14H22N4/c1-14(2)4-3-12-11(9-14)10-16-13(17-12)18-7-5-15-6-8-18/h10,15H,3-9H2,1-2H3. The monoisotopic (exact) mass is 246 g/mol. The highest BCUT2D eigenvalue weighted by Crippen LogP contribution is 2.33. The zero-order chi connectivity index (χ0) is 12.6. The van der Waals surface area contributed by atoms with E-state index in [1.54, 1.807) is 0 Å². The molecule has 1 aliphatic heterocycles. The number of fused-ring (bicyclic) bond motifs is 1. The molecule has 0 saturated carbocycles. The zero-order valence-electron chi connectivity index (χ0n) is 11.4. The SMILES string of the molecule is CC1(C)CCc2nc(N3CCNCC3)ncc2C1. The molecule has 1 aromatic heterocycles. The smallest absolute Gasteiger partial charge is 0.225 e. The van der Waals surface area contributed by atoms with Crippen molar-refractivity contribution >= 4 is 5.95 Å². The van der Waals surface area contributed by atoms with Gasteiger partial charge in [-0.1, -0.05) is 13.8 Å². The topological polar surface area (TPSA) is 41.1 Å². The molecule has 3 rings (SSSR count). The van der Waals surface area contributed by atoms with Gasteiger partial charge >= 0.3 is 0 Å². The second kappa shape index (κ2) is 4.50. The largest absolute Gasteiger partial charge is 0.338 e. The van der Waals surface area contributed by atoms with E-state index in [1.165, 1.54) is 17.7 Å². The van der Waals surface area contributed by atoms with E-state index in [-0.39, 0.29) is 0 Å². The number of hydrogen-bond acceptors (Lipinski definition) is 4. The van der Waals surface area contributed by atoms with Crippen LogP contribution < -0.4 is 10.2 Å². The van der Waals surface area contributed by atoms with Gasteiger partial charge in [-0.15, -0.1) is 0 Å². The Bertz CT molecular complexity index is 435. The predicted octanol–water partition coefficient (Wildman–Crippen LogP) is 1.40. The number of rotatable bonds is 1. The summed E-state index contributed by atoms with van der Waals surface area (Å²) in [6.45, 7) is 8.77. The third-order valence-electron chi connectivity index (χ3n) is 4.05. The van der Waals surface area contributed by atoms with Gasteiger partial charge in [0.25, 0.3) is 0 Å². The minimum Gasteiger partial charge on any atom is -0.338 e. The maximum atomic E-state index is 4.79. The van der Waals surface area contributed by atoms with Crippen LogP contribution in [-0.4, -0.2) is 36.1 Å². The lowest BCUT2D eigenvalue weighted by atomic mass is 9.76. The number of nitrogens with one attached hydrogen (secondary N) is 1. The molecule has 1 N–H and O–H groups in total. The van der Waals surface area contributed by atoms with Crippen LogP contribution >= 0.6 is 0 Å². The van der Waals surface area contributed by atoms with E-state index in [0.29, 0.717) is 5.41 Å². The molecule has 0 atom stereocenters. The quantitative estimate of drug-likeness (QED) is 0.813. The molecule has 4 nitrogen and oxygen atoms in total. The van der Waals surface area contributed by atoms with Gasteiger partial charge in [0, 0.05) is 38.1 Å². The Morgan fingerprint density at radius 1 is 1.28 bits per heavy atom. The van der Waals surface area contributed by atoms with E-state index < -0.39 is 0 Å². The Morgan fingerprint density at radius 3 is 2.83 bits per heavy atom. The van der Waals surface area contributed by atoms with Crippen LogP contribution in [0, 0.1) is 5.41 Å². The van der Waals surface area contributed by atoms with Crippen molar-refractivity contribution in [3.05, 3.63) is 17.5 Å². The lowest BCUT2D eigenvalue weighted by Gasteiger charge is -2.32. The van der Waals surface area contributed by atoms with E-state index in [9.17, 15) is 0 Å². The van der Waals surface area contributed by atoms with E-state index in [2.05, 4.69) is 35.2 Å². The molecule has 2 aliphatic rings. The molecule has 0 unspecified atom stereocenters. The fourth-order valence-electron chi connectivity index (χ4n) is 2.87. The minimum atomic E-state index is 0.410. The third-order valence-corrected chi connectivity index (χ3v) is 4.05. The van der Waals surface area contributed by atoms with Crippen molar-refractivity contribution in [3.63, 3.8) is 0 Å². The molecule has 98 valence electrons. The van der Waals surface area contributed by atoms with Gasteiger partial charge in [0.15, 0.2) is 0 Å². The first-order valence-corrected chi connectivity index (χ1v) is 6.95. The molecule has 0 bridgehead atoms. The molecule has 0 spiro atoms. The van der Waals surface area contributed by atoms with Gasteiger partial charge in [0.1, 0.15) is 0 Å². The van der Waals surface area contributed by atoms with Crippen molar-refractivity contribution in [1.82, 2.24) is 15.3 Å². The predicted molar refractivity (Wildman–Crippen MR) is 72.9 cm³/mol. The number of hydrogen-bond donors (Lipinski definition) is 1. The van der Waals surface area contributed by atoms with E-state index in [1.807, 2.05) is 0 Å². The molecule has 1 saturated heterocycles. The normalized spacial score (nSPS) is 22.7. The van der Waals surface area contributed by atoms with Gasteiger partial charge in [0.2, 0.25) is 5.95 Å². The molecular weight excluding hydrogens is 224 g/mol. The zero-order valence-corrected chi connectivity index (χ0v) is 11.4. The van der Waals surface area contributed by atoms with Crippen LogP contribution in [0.15, 0.2) is 6.20 Å². The average Bonchev–Trinajstić information content (AvgIpc) is 2.38. The van der Waals surface area contributed by atoms with Gasteiger partial charge in [-0.25, -0.2) is 9.97 Å². The first-order chi connectivity index (χ1) is 8.64. The molecule has 1 fully saturated rings.